The van der Waals surface area contributed by atoms with Gasteiger partial charge in [0, 0.05) is 0 Å². The molecule has 5 heteroatoms. The fourth-order valence-electron chi connectivity index (χ4n) is 1.39. The topological polar surface area (TPSA) is 61.0 Å². The van der Waals surface area contributed by atoms with Crippen molar-refractivity contribution in [1.29, 1.82) is 0 Å². The third kappa shape index (κ3) is 3.41. The van der Waals surface area contributed by atoms with Crippen LogP contribution in [0.5, 0.6) is 11.6 Å². The highest BCUT2D eigenvalue weighted by Crippen LogP contribution is 2.20. The molecule has 1 aromatic carbocycles. The molecular formula is C12H12ClN3O. The van der Waals surface area contributed by atoms with Crippen molar-refractivity contribution >= 4 is 11.6 Å². The predicted molar refractivity (Wildman–Crippen MR) is 66.3 cm³/mol. The number of nitrogens with zero attached hydrogens (tertiary/aromatic N) is 2. The van der Waals surface area contributed by atoms with E-state index in [0.717, 1.165) is 6.42 Å². The van der Waals surface area contributed by atoms with Crippen LogP contribution in [-0.2, 0) is 6.42 Å². The smallest absolute Gasteiger partial charge is 0.239 e. The van der Waals surface area contributed by atoms with Crippen molar-refractivity contribution in [3.05, 3.63) is 47.4 Å². The molecule has 4 nitrogen and oxygen atoms in total. The van der Waals surface area contributed by atoms with E-state index in [0.29, 0.717) is 23.3 Å². The second-order valence-electron chi connectivity index (χ2n) is 3.46. The molecule has 2 N–H and O–H groups in total. The summed E-state index contributed by atoms with van der Waals surface area (Å²) in [6.45, 7) is 0.639. The first-order valence-electron chi connectivity index (χ1n) is 5.22. The van der Waals surface area contributed by atoms with E-state index in [2.05, 4.69) is 9.97 Å². The molecule has 0 saturated carbocycles. The summed E-state index contributed by atoms with van der Waals surface area (Å²) in [6, 6.07) is 7.68. The van der Waals surface area contributed by atoms with E-state index in [1.165, 1.54) is 18.0 Å². The van der Waals surface area contributed by atoms with Crippen molar-refractivity contribution in [3.63, 3.8) is 0 Å². The molecule has 0 aliphatic carbocycles. The van der Waals surface area contributed by atoms with Gasteiger partial charge in [0.25, 0.3) is 0 Å². The van der Waals surface area contributed by atoms with Gasteiger partial charge in [-0.05, 0) is 30.7 Å². The van der Waals surface area contributed by atoms with E-state index in [4.69, 9.17) is 22.1 Å². The van der Waals surface area contributed by atoms with E-state index in [1.807, 2.05) is 24.3 Å². The number of rotatable bonds is 4. The number of nitrogens with two attached hydrogens (primary N) is 1. The average Bonchev–Trinajstić information content (AvgIpc) is 2.32. The minimum Gasteiger partial charge on any atom is -0.437 e. The van der Waals surface area contributed by atoms with Crippen LogP contribution in [0.1, 0.15) is 5.56 Å². The highest BCUT2D eigenvalue weighted by atomic mass is 35.5. The maximum atomic E-state index is 5.71. The van der Waals surface area contributed by atoms with Crippen LogP contribution in [0, 0.1) is 0 Å². The van der Waals surface area contributed by atoms with E-state index in [-0.39, 0.29) is 0 Å². The Hall–Kier alpha value is -1.65. The van der Waals surface area contributed by atoms with Gasteiger partial charge in [-0.15, -0.1) is 0 Å². The van der Waals surface area contributed by atoms with Crippen molar-refractivity contribution in [1.82, 2.24) is 9.97 Å². The number of hydrogen-bond donors (Lipinski definition) is 1. The van der Waals surface area contributed by atoms with Gasteiger partial charge in [-0.1, -0.05) is 23.7 Å². The summed E-state index contributed by atoms with van der Waals surface area (Å²) >= 11 is 5.71. The molecule has 0 radical (unpaired) electrons. The third-order valence-corrected chi connectivity index (χ3v) is 2.34. The van der Waals surface area contributed by atoms with Crippen LogP contribution in [0.25, 0.3) is 0 Å². The van der Waals surface area contributed by atoms with Gasteiger partial charge in [0.1, 0.15) is 5.75 Å². The lowest BCUT2D eigenvalue weighted by atomic mass is 10.1. The summed E-state index contributed by atoms with van der Waals surface area (Å²) in [5.41, 5.74) is 6.65. The quantitative estimate of drug-likeness (QED) is 0.904. The summed E-state index contributed by atoms with van der Waals surface area (Å²) in [4.78, 5) is 7.88. The molecule has 0 aliphatic rings. The Morgan fingerprint density at radius 3 is 2.59 bits per heavy atom. The SMILES string of the molecule is NCCc1ccc(Oc2cncc(Cl)n2)cc1. The van der Waals surface area contributed by atoms with Crippen molar-refractivity contribution in [3.8, 4) is 11.6 Å². The van der Waals surface area contributed by atoms with E-state index < -0.39 is 0 Å². The van der Waals surface area contributed by atoms with Gasteiger partial charge < -0.3 is 10.5 Å². The first-order valence-corrected chi connectivity index (χ1v) is 5.60. The maximum Gasteiger partial charge on any atom is 0.239 e. The molecule has 1 heterocycles. The molecule has 0 unspecified atom stereocenters. The number of halogens is 1. The largest absolute Gasteiger partial charge is 0.437 e. The van der Waals surface area contributed by atoms with Crippen LogP contribution >= 0.6 is 11.6 Å². The summed E-state index contributed by atoms with van der Waals surface area (Å²) in [5.74, 6) is 1.08. The van der Waals surface area contributed by atoms with E-state index >= 15 is 0 Å². The van der Waals surface area contributed by atoms with Gasteiger partial charge >= 0.3 is 0 Å². The number of aromatic nitrogens is 2. The Labute approximate surface area is 104 Å². The highest BCUT2D eigenvalue weighted by Gasteiger charge is 2.00. The van der Waals surface area contributed by atoms with Crippen LogP contribution in [0.4, 0.5) is 0 Å². The fraction of sp³-hybridized carbons (Fsp3) is 0.167. The Kier molecular flexibility index (Phi) is 3.90. The van der Waals surface area contributed by atoms with E-state index in [9.17, 15) is 0 Å². The molecule has 0 fully saturated rings. The molecule has 0 amide bonds. The van der Waals surface area contributed by atoms with Gasteiger partial charge in [0.05, 0.1) is 12.4 Å². The van der Waals surface area contributed by atoms with Gasteiger partial charge in [-0.25, -0.2) is 0 Å². The predicted octanol–water partition coefficient (Wildman–Crippen LogP) is 2.42. The molecule has 0 atom stereocenters. The molecular weight excluding hydrogens is 238 g/mol. The lowest BCUT2D eigenvalue weighted by Crippen LogP contribution is -2.02. The van der Waals surface area contributed by atoms with Crippen LogP contribution in [0.15, 0.2) is 36.7 Å². The first-order chi connectivity index (χ1) is 8.28. The lowest BCUT2D eigenvalue weighted by Gasteiger charge is -2.05. The van der Waals surface area contributed by atoms with Gasteiger partial charge in [-0.3, -0.25) is 4.98 Å². The number of hydrogen-bond acceptors (Lipinski definition) is 4. The Balaban J connectivity index is 2.08. The molecule has 0 aliphatic heterocycles. The Morgan fingerprint density at radius 1 is 1.18 bits per heavy atom. The normalized spacial score (nSPS) is 10.2. The second kappa shape index (κ2) is 5.61. The van der Waals surface area contributed by atoms with Gasteiger partial charge in [0.2, 0.25) is 5.88 Å². The van der Waals surface area contributed by atoms with Crippen LogP contribution < -0.4 is 10.5 Å². The summed E-state index contributed by atoms with van der Waals surface area (Å²) in [5, 5.41) is 0.308. The van der Waals surface area contributed by atoms with Crippen molar-refractivity contribution in [2.24, 2.45) is 5.73 Å². The second-order valence-corrected chi connectivity index (χ2v) is 3.85. The van der Waals surface area contributed by atoms with Crippen molar-refractivity contribution in [2.75, 3.05) is 6.54 Å². The lowest BCUT2D eigenvalue weighted by molar-refractivity contribution is 0.460. The number of benzene rings is 1. The molecule has 1 aromatic heterocycles. The molecule has 88 valence electrons. The zero-order valence-corrected chi connectivity index (χ0v) is 9.89. The molecule has 2 rings (SSSR count). The van der Waals surface area contributed by atoms with Crippen molar-refractivity contribution in [2.45, 2.75) is 6.42 Å². The molecule has 0 bridgehead atoms. The summed E-state index contributed by atoms with van der Waals surface area (Å²) in [6.07, 6.45) is 3.83. The minimum atomic E-state index is 0.308. The molecule has 0 spiro atoms. The highest BCUT2D eigenvalue weighted by molar-refractivity contribution is 6.29. The van der Waals surface area contributed by atoms with Gasteiger partial charge in [0.15, 0.2) is 5.15 Å². The average molecular weight is 250 g/mol. The van der Waals surface area contributed by atoms with Crippen LogP contribution in [-0.4, -0.2) is 16.5 Å². The van der Waals surface area contributed by atoms with Crippen LogP contribution in [0.3, 0.4) is 0 Å². The van der Waals surface area contributed by atoms with Crippen molar-refractivity contribution < 1.29 is 4.74 Å². The third-order valence-electron chi connectivity index (χ3n) is 2.16. The van der Waals surface area contributed by atoms with Gasteiger partial charge in [-0.2, -0.15) is 4.98 Å². The summed E-state index contributed by atoms with van der Waals surface area (Å²) in [7, 11) is 0. The van der Waals surface area contributed by atoms with E-state index in [1.54, 1.807) is 0 Å². The fourth-order valence-corrected chi connectivity index (χ4v) is 1.53. The van der Waals surface area contributed by atoms with Crippen LogP contribution in [0.2, 0.25) is 5.15 Å². The maximum absolute atomic E-state index is 5.71. The number of ether oxygens (including phenoxy) is 1. The zero-order chi connectivity index (χ0) is 12.1. The summed E-state index contributed by atoms with van der Waals surface area (Å²) < 4.78 is 5.50. The molecule has 17 heavy (non-hydrogen) atoms. The first kappa shape index (κ1) is 11.8. The minimum absolute atomic E-state index is 0.308. The standard InChI is InChI=1S/C12H12ClN3O/c13-11-7-15-8-12(16-11)17-10-3-1-9(2-4-10)5-6-14/h1-4,7-8H,5-6,14H2. The Morgan fingerprint density at radius 2 is 1.94 bits per heavy atom. The zero-order valence-electron chi connectivity index (χ0n) is 9.14. The Bertz CT molecular complexity index is 487. The molecule has 0 saturated heterocycles. The molecule has 2 aromatic rings. The monoisotopic (exact) mass is 249 g/mol.